The molecule has 0 saturated carbocycles. The zero-order valence-electron chi connectivity index (χ0n) is 14.6. The number of halogens is 1. The van der Waals surface area contributed by atoms with Crippen molar-refractivity contribution in [1.82, 2.24) is 0 Å². The third-order valence-electron chi connectivity index (χ3n) is 4.07. The van der Waals surface area contributed by atoms with Crippen molar-refractivity contribution in [1.29, 1.82) is 0 Å². The maximum absolute atomic E-state index is 10.9. The second-order valence-corrected chi connectivity index (χ2v) is 6.50. The van der Waals surface area contributed by atoms with Crippen molar-refractivity contribution in [3.05, 3.63) is 106 Å². The molecule has 0 bridgehead atoms. The molecule has 4 heteroatoms. The third-order valence-corrected chi connectivity index (χ3v) is 4.30. The van der Waals surface area contributed by atoms with Crippen LogP contribution < -0.4 is 4.74 Å². The van der Waals surface area contributed by atoms with Crippen LogP contribution in [-0.4, -0.2) is 11.1 Å². The molecule has 0 radical (unpaired) electrons. The highest BCUT2D eigenvalue weighted by atomic mass is 35.5. The molecule has 3 aromatic carbocycles. The van der Waals surface area contributed by atoms with Gasteiger partial charge in [0.2, 0.25) is 0 Å². The van der Waals surface area contributed by atoms with Crippen LogP contribution in [0.3, 0.4) is 0 Å². The summed E-state index contributed by atoms with van der Waals surface area (Å²) in [5.41, 5.74) is 3.32. The molecular formula is C23H19ClO3. The van der Waals surface area contributed by atoms with Gasteiger partial charge in [0.1, 0.15) is 12.4 Å². The standard InChI is InChI=1S/C23H19ClO3/c24-21-13-14-22(27-16-18-5-2-1-3-6-18)20(15-21)8-4-7-17-9-11-19(12-10-17)23(25)26/h1-7,9-15H,8,16H2,(H,25,26)/b7-4+. The molecule has 3 aromatic rings. The first kappa shape index (κ1) is 18.7. The van der Waals surface area contributed by atoms with Gasteiger partial charge in [-0.15, -0.1) is 0 Å². The van der Waals surface area contributed by atoms with E-state index in [1.54, 1.807) is 24.3 Å². The highest BCUT2D eigenvalue weighted by Gasteiger charge is 2.05. The second kappa shape index (κ2) is 9.06. The number of benzene rings is 3. The Hall–Kier alpha value is -3.04. The van der Waals surface area contributed by atoms with E-state index in [9.17, 15) is 4.79 Å². The van der Waals surface area contributed by atoms with Crippen molar-refractivity contribution in [2.45, 2.75) is 13.0 Å². The van der Waals surface area contributed by atoms with Gasteiger partial charge in [0.05, 0.1) is 5.56 Å². The van der Waals surface area contributed by atoms with Gasteiger partial charge < -0.3 is 9.84 Å². The van der Waals surface area contributed by atoms with E-state index in [2.05, 4.69) is 0 Å². The average molecular weight is 379 g/mol. The van der Waals surface area contributed by atoms with Gasteiger partial charge in [-0.2, -0.15) is 0 Å². The van der Waals surface area contributed by atoms with E-state index in [1.165, 1.54) is 0 Å². The highest BCUT2D eigenvalue weighted by molar-refractivity contribution is 6.30. The number of hydrogen-bond acceptors (Lipinski definition) is 2. The van der Waals surface area contributed by atoms with Crippen LogP contribution in [0, 0.1) is 0 Å². The molecular weight excluding hydrogens is 360 g/mol. The van der Waals surface area contributed by atoms with Gasteiger partial charge in [0.25, 0.3) is 0 Å². The minimum absolute atomic E-state index is 0.276. The molecule has 0 aromatic heterocycles. The minimum Gasteiger partial charge on any atom is -0.489 e. The second-order valence-electron chi connectivity index (χ2n) is 6.06. The summed E-state index contributed by atoms with van der Waals surface area (Å²) in [6, 6.07) is 22.4. The lowest BCUT2D eigenvalue weighted by Gasteiger charge is -2.11. The summed E-state index contributed by atoms with van der Waals surface area (Å²) in [6.07, 6.45) is 4.62. The molecule has 0 aliphatic rings. The summed E-state index contributed by atoms with van der Waals surface area (Å²) < 4.78 is 5.97. The molecule has 0 saturated heterocycles. The Labute approximate surface area is 163 Å². The Morgan fingerprint density at radius 3 is 2.44 bits per heavy atom. The fraction of sp³-hybridized carbons (Fsp3) is 0.0870. The van der Waals surface area contributed by atoms with Crippen molar-refractivity contribution < 1.29 is 14.6 Å². The van der Waals surface area contributed by atoms with E-state index >= 15 is 0 Å². The van der Waals surface area contributed by atoms with Crippen molar-refractivity contribution in [2.75, 3.05) is 0 Å². The quantitative estimate of drug-likeness (QED) is 0.559. The fourth-order valence-corrected chi connectivity index (χ4v) is 2.84. The largest absolute Gasteiger partial charge is 0.489 e. The molecule has 136 valence electrons. The summed E-state index contributed by atoms with van der Waals surface area (Å²) >= 11 is 6.14. The molecule has 0 aliphatic heterocycles. The van der Waals surface area contributed by atoms with E-state index < -0.39 is 5.97 Å². The van der Waals surface area contributed by atoms with Crippen LogP contribution in [0.25, 0.3) is 6.08 Å². The first-order valence-corrected chi connectivity index (χ1v) is 8.94. The van der Waals surface area contributed by atoms with E-state index in [4.69, 9.17) is 21.4 Å². The van der Waals surface area contributed by atoms with Crippen LogP contribution in [0.5, 0.6) is 5.75 Å². The van der Waals surface area contributed by atoms with E-state index in [1.807, 2.05) is 60.7 Å². The Balaban J connectivity index is 1.68. The molecule has 3 nitrogen and oxygen atoms in total. The first-order chi connectivity index (χ1) is 13.1. The summed E-state index contributed by atoms with van der Waals surface area (Å²) in [6.45, 7) is 0.496. The summed E-state index contributed by atoms with van der Waals surface area (Å²) in [5, 5.41) is 9.61. The molecule has 0 heterocycles. The maximum atomic E-state index is 10.9. The number of ether oxygens (including phenoxy) is 1. The molecule has 0 spiro atoms. The van der Waals surface area contributed by atoms with Crippen molar-refractivity contribution in [3.63, 3.8) is 0 Å². The van der Waals surface area contributed by atoms with Gasteiger partial charge in [-0.05, 0) is 53.4 Å². The van der Waals surface area contributed by atoms with Crippen LogP contribution in [0.1, 0.15) is 27.0 Å². The number of carboxylic acids is 1. The molecule has 1 N–H and O–H groups in total. The zero-order chi connectivity index (χ0) is 19.1. The minimum atomic E-state index is -0.926. The first-order valence-electron chi connectivity index (χ1n) is 8.57. The Morgan fingerprint density at radius 2 is 1.74 bits per heavy atom. The Bertz CT molecular complexity index is 932. The number of rotatable bonds is 7. The van der Waals surface area contributed by atoms with Gasteiger partial charge in [-0.3, -0.25) is 0 Å². The van der Waals surface area contributed by atoms with Gasteiger partial charge in [-0.1, -0.05) is 66.2 Å². The molecule has 0 amide bonds. The third kappa shape index (κ3) is 5.47. The van der Waals surface area contributed by atoms with E-state index in [0.29, 0.717) is 18.1 Å². The molecule has 3 rings (SSSR count). The van der Waals surface area contributed by atoms with E-state index in [0.717, 1.165) is 22.4 Å². The van der Waals surface area contributed by atoms with Crippen molar-refractivity contribution in [3.8, 4) is 5.75 Å². The lowest BCUT2D eigenvalue weighted by atomic mass is 10.1. The Kier molecular flexibility index (Phi) is 6.29. The van der Waals surface area contributed by atoms with Crippen molar-refractivity contribution in [2.24, 2.45) is 0 Å². The number of aromatic carboxylic acids is 1. The fourth-order valence-electron chi connectivity index (χ4n) is 2.64. The van der Waals surface area contributed by atoms with E-state index in [-0.39, 0.29) is 5.56 Å². The van der Waals surface area contributed by atoms with Crippen LogP contribution >= 0.6 is 11.6 Å². The molecule has 0 fully saturated rings. The topological polar surface area (TPSA) is 46.5 Å². The molecule has 0 atom stereocenters. The molecule has 0 aliphatic carbocycles. The van der Waals surface area contributed by atoms with Crippen LogP contribution in [0.2, 0.25) is 5.02 Å². The van der Waals surface area contributed by atoms with Gasteiger partial charge in [0.15, 0.2) is 0 Å². The van der Waals surface area contributed by atoms with Gasteiger partial charge >= 0.3 is 5.97 Å². The number of hydrogen-bond donors (Lipinski definition) is 1. The normalized spacial score (nSPS) is 10.9. The predicted octanol–water partition coefficient (Wildman–Crippen LogP) is 5.87. The lowest BCUT2D eigenvalue weighted by Crippen LogP contribution is -1.98. The summed E-state index contributed by atoms with van der Waals surface area (Å²) in [4.78, 5) is 10.9. The Morgan fingerprint density at radius 1 is 1.00 bits per heavy atom. The smallest absolute Gasteiger partial charge is 0.335 e. The van der Waals surface area contributed by atoms with Crippen LogP contribution in [-0.2, 0) is 13.0 Å². The summed E-state index contributed by atoms with van der Waals surface area (Å²) in [7, 11) is 0. The predicted molar refractivity (Wildman–Crippen MR) is 108 cm³/mol. The van der Waals surface area contributed by atoms with Crippen molar-refractivity contribution >= 4 is 23.6 Å². The summed E-state index contributed by atoms with van der Waals surface area (Å²) in [5.74, 6) is -0.126. The number of allylic oxidation sites excluding steroid dienone is 1. The van der Waals surface area contributed by atoms with Crippen LogP contribution in [0.4, 0.5) is 0 Å². The number of carbonyl (C=O) groups is 1. The number of carboxylic acid groups (broad SMARTS) is 1. The maximum Gasteiger partial charge on any atom is 0.335 e. The zero-order valence-corrected chi connectivity index (χ0v) is 15.4. The van der Waals surface area contributed by atoms with Gasteiger partial charge in [-0.25, -0.2) is 4.79 Å². The lowest BCUT2D eigenvalue weighted by molar-refractivity contribution is 0.0697. The van der Waals surface area contributed by atoms with Gasteiger partial charge in [0, 0.05) is 5.02 Å². The molecule has 27 heavy (non-hydrogen) atoms. The van der Waals surface area contributed by atoms with Crippen LogP contribution in [0.15, 0.2) is 78.9 Å². The monoisotopic (exact) mass is 378 g/mol. The molecule has 0 unspecified atom stereocenters. The SMILES string of the molecule is O=C(O)c1ccc(/C=C/Cc2cc(Cl)ccc2OCc2ccccc2)cc1. The average Bonchev–Trinajstić information content (AvgIpc) is 2.68. The highest BCUT2D eigenvalue weighted by Crippen LogP contribution is 2.25.